The average molecular weight is 204 g/mol. The van der Waals surface area contributed by atoms with Gasteiger partial charge >= 0.3 is 6.09 Å². The molecule has 2 unspecified atom stereocenters. The van der Waals surface area contributed by atoms with E-state index in [1.807, 2.05) is 0 Å². The maximum absolute atomic E-state index is 11.2. The Bertz CT molecular complexity index is 217. The topological polar surface area (TPSA) is 102 Å². The van der Waals surface area contributed by atoms with Gasteiger partial charge in [0.2, 0.25) is 0 Å². The third-order valence-electron chi connectivity index (χ3n) is 1.45. The fraction of sp³-hybridized carbons (Fsp3) is 0.750. The molecule has 0 aliphatic heterocycles. The highest BCUT2D eigenvalue weighted by Crippen LogP contribution is 1.99. The van der Waals surface area contributed by atoms with Crippen molar-refractivity contribution in [3.8, 4) is 0 Å². The highest BCUT2D eigenvalue weighted by molar-refractivity contribution is 5.81. The van der Waals surface area contributed by atoms with Crippen molar-refractivity contribution < 1.29 is 19.4 Å². The molecule has 0 aromatic rings. The molecule has 2 atom stereocenters. The molecule has 0 fully saturated rings. The first-order valence-electron chi connectivity index (χ1n) is 4.29. The third kappa shape index (κ3) is 4.66. The number of aliphatic hydroxyl groups excluding tert-OH is 1. The summed E-state index contributed by atoms with van der Waals surface area (Å²) in [5, 5.41) is 11.8. The summed E-state index contributed by atoms with van der Waals surface area (Å²) >= 11 is 0. The molecule has 0 saturated carbocycles. The Balaban J connectivity index is 4.10. The van der Waals surface area contributed by atoms with Crippen LogP contribution in [-0.2, 0) is 9.53 Å². The summed E-state index contributed by atoms with van der Waals surface area (Å²) in [5.41, 5.74) is 4.73. The van der Waals surface area contributed by atoms with Gasteiger partial charge in [0.05, 0.1) is 0 Å². The Kier molecular flexibility index (Phi) is 4.93. The van der Waals surface area contributed by atoms with E-state index in [2.05, 4.69) is 10.1 Å². The van der Waals surface area contributed by atoms with Crippen LogP contribution in [0, 0.1) is 0 Å². The van der Waals surface area contributed by atoms with E-state index in [1.54, 1.807) is 13.8 Å². The van der Waals surface area contributed by atoms with E-state index >= 15 is 0 Å². The van der Waals surface area contributed by atoms with Gasteiger partial charge in [-0.15, -0.1) is 0 Å². The number of aliphatic hydroxyl groups is 1. The molecule has 2 amide bonds. The van der Waals surface area contributed by atoms with Gasteiger partial charge in [0.25, 0.3) is 5.91 Å². The number of hydrogen-bond donors (Lipinski definition) is 3. The van der Waals surface area contributed by atoms with Gasteiger partial charge in [-0.05, 0) is 20.8 Å². The van der Waals surface area contributed by atoms with Gasteiger partial charge in [0.15, 0.2) is 6.10 Å². The molecule has 0 saturated heterocycles. The largest absolute Gasteiger partial charge is 0.443 e. The van der Waals surface area contributed by atoms with Gasteiger partial charge in [-0.2, -0.15) is 0 Å². The fourth-order valence-electron chi connectivity index (χ4n) is 0.831. The predicted octanol–water partition coefficient (Wildman–Crippen LogP) is -0.644. The number of nitrogens with one attached hydrogen (secondary N) is 1. The van der Waals surface area contributed by atoms with Crippen molar-refractivity contribution in [2.45, 2.75) is 39.0 Å². The van der Waals surface area contributed by atoms with Crippen molar-refractivity contribution in [1.82, 2.24) is 5.32 Å². The lowest BCUT2D eigenvalue weighted by atomic mass is 10.2. The Morgan fingerprint density at radius 1 is 1.36 bits per heavy atom. The van der Waals surface area contributed by atoms with Gasteiger partial charge in [-0.25, -0.2) is 4.79 Å². The minimum absolute atomic E-state index is 0.0853. The smallest absolute Gasteiger partial charge is 0.404 e. The van der Waals surface area contributed by atoms with E-state index in [9.17, 15) is 14.7 Å². The van der Waals surface area contributed by atoms with Crippen LogP contribution < -0.4 is 11.1 Å². The van der Waals surface area contributed by atoms with Crippen molar-refractivity contribution in [3.05, 3.63) is 0 Å². The Morgan fingerprint density at radius 3 is 2.21 bits per heavy atom. The standard InChI is InChI=1S/C8H16N2O4/c1-4(2)10-7(12)6(11)5(3)14-8(9)13/h4-6,11H,1-3H3,(H2,9,13)(H,10,12). The first-order chi connectivity index (χ1) is 6.34. The van der Waals surface area contributed by atoms with Crippen LogP contribution in [0.3, 0.4) is 0 Å². The predicted molar refractivity (Wildman–Crippen MR) is 49.4 cm³/mol. The Hall–Kier alpha value is -1.30. The number of amides is 2. The van der Waals surface area contributed by atoms with Gasteiger partial charge in [0, 0.05) is 6.04 Å². The second-order valence-electron chi connectivity index (χ2n) is 3.25. The summed E-state index contributed by atoms with van der Waals surface area (Å²) in [4.78, 5) is 21.5. The van der Waals surface area contributed by atoms with E-state index in [-0.39, 0.29) is 6.04 Å². The second-order valence-corrected chi connectivity index (χ2v) is 3.25. The second kappa shape index (κ2) is 5.43. The molecule has 0 bridgehead atoms. The van der Waals surface area contributed by atoms with Crippen LogP contribution >= 0.6 is 0 Å². The molecule has 0 spiro atoms. The minimum atomic E-state index is -1.40. The van der Waals surface area contributed by atoms with Gasteiger partial charge in [-0.1, -0.05) is 0 Å². The molecule has 0 aromatic carbocycles. The molecule has 0 aliphatic rings. The molecule has 6 nitrogen and oxygen atoms in total. The van der Waals surface area contributed by atoms with Gasteiger partial charge in [-0.3, -0.25) is 4.79 Å². The molecule has 0 aromatic heterocycles. The fourth-order valence-corrected chi connectivity index (χ4v) is 0.831. The summed E-state index contributed by atoms with van der Waals surface area (Å²) in [6, 6.07) is -0.0853. The molecule has 4 N–H and O–H groups in total. The summed E-state index contributed by atoms with van der Waals surface area (Å²) in [6.45, 7) is 4.89. The van der Waals surface area contributed by atoms with Crippen LogP contribution in [0.15, 0.2) is 0 Å². The normalized spacial score (nSPS) is 14.6. The lowest BCUT2D eigenvalue weighted by molar-refractivity contribution is -0.134. The van der Waals surface area contributed by atoms with Crippen LogP contribution in [0.1, 0.15) is 20.8 Å². The van der Waals surface area contributed by atoms with Crippen molar-refractivity contribution in [1.29, 1.82) is 0 Å². The molecular formula is C8H16N2O4. The van der Waals surface area contributed by atoms with E-state index in [0.717, 1.165) is 0 Å². The van der Waals surface area contributed by atoms with E-state index < -0.39 is 24.2 Å². The average Bonchev–Trinajstić information content (AvgIpc) is 2.00. The number of carbonyl (C=O) groups excluding carboxylic acids is 2. The van der Waals surface area contributed by atoms with Gasteiger partial charge < -0.3 is 20.9 Å². The van der Waals surface area contributed by atoms with Crippen molar-refractivity contribution in [2.24, 2.45) is 5.73 Å². The number of hydrogen-bond acceptors (Lipinski definition) is 4. The van der Waals surface area contributed by atoms with Crippen LogP contribution in [0.5, 0.6) is 0 Å². The van der Waals surface area contributed by atoms with Crippen molar-refractivity contribution >= 4 is 12.0 Å². The van der Waals surface area contributed by atoms with E-state index in [4.69, 9.17) is 5.73 Å². The molecule has 6 heteroatoms. The third-order valence-corrected chi connectivity index (χ3v) is 1.45. The summed E-state index contributed by atoms with van der Waals surface area (Å²) in [6.07, 6.45) is -3.37. The Morgan fingerprint density at radius 2 is 1.86 bits per heavy atom. The first kappa shape index (κ1) is 12.7. The highest BCUT2D eigenvalue weighted by atomic mass is 16.6. The maximum atomic E-state index is 11.2. The first-order valence-corrected chi connectivity index (χ1v) is 4.29. The van der Waals surface area contributed by atoms with E-state index in [0.29, 0.717) is 0 Å². The molecule has 82 valence electrons. The number of primary amides is 1. The van der Waals surface area contributed by atoms with Crippen LogP contribution in [-0.4, -0.2) is 35.4 Å². The van der Waals surface area contributed by atoms with Gasteiger partial charge in [0.1, 0.15) is 6.10 Å². The van der Waals surface area contributed by atoms with Crippen LogP contribution in [0.25, 0.3) is 0 Å². The molecule has 14 heavy (non-hydrogen) atoms. The number of nitrogens with two attached hydrogens (primary N) is 1. The minimum Gasteiger partial charge on any atom is -0.443 e. The molecule has 0 radical (unpaired) electrons. The monoisotopic (exact) mass is 204 g/mol. The molecule has 0 rings (SSSR count). The summed E-state index contributed by atoms with van der Waals surface area (Å²) in [5.74, 6) is -0.589. The maximum Gasteiger partial charge on any atom is 0.404 e. The highest BCUT2D eigenvalue weighted by Gasteiger charge is 2.25. The molecule has 0 heterocycles. The quantitative estimate of drug-likeness (QED) is 0.566. The Labute approximate surface area is 82.4 Å². The zero-order valence-electron chi connectivity index (χ0n) is 8.48. The van der Waals surface area contributed by atoms with Crippen LogP contribution in [0.2, 0.25) is 0 Å². The van der Waals surface area contributed by atoms with Crippen LogP contribution in [0.4, 0.5) is 4.79 Å². The zero-order chi connectivity index (χ0) is 11.3. The van der Waals surface area contributed by atoms with E-state index in [1.165, 1.54) is 6.92 Å². The van der Waals surface area contributed by atoms with Crippen molar-refractivity contribution in [3.63, 3.8) is 0 Å². The SMILES string of the molecule is CC(C)NC(=O)C(O)C(C)OC(N)=O. The summed E-state index contributed by atoms with van der Waals surface area (Å²) < 4.78 is 4.44. The lowest BCUT2D eigenvalue weighted by Crippen LogP contribution is -2.45. The molecule has 0 aliphatic carbocycles. The summed E-state index contributed by atoms with van der Waals surface area (Å²) in [7, 11) is 0. The lowest BCUT2D eigenvalue weighted by Gasteiger charge is -2.18. The molecular weight excluding hydrogens is 188 g/mol. The number of carbonyl (C=O) groups is 2. The van der Waals surface area contributed by atoms with Crippen molar-refractivity contribution in [2.75, 3.05) is 0 Å². The number of ether oxygens (including phenoxy) is 1. The number of rotatable bonds is 4. The zero-order valence-corrected chi connectivity index (χ0v) is 8.48.